The van der Waals surface area contributed by atoms with E-state index in [1.165, 1.54) is 0 Å². The Bertz CT molecular complexity index is 472. The lowest BCUT2D eigenvalue weighted by atomic mass is 9.72. The number of carbonyl (C=O) groups is 1. The predicted molar refractivity (Wildman–Crippen MR) is 77.7 cm³/mol. The van der Waals surface area contributed by atoms with E-state index in [2.05, 4.69) is 32.9 Å². The molecular formula is C16H23NO3. The third-order valence-corrected chi connectivity index (χ3v) is 4.45. The molecule has 2 rings (SSSR count). The summed E-state index contributed by atoms with van der Waals surface area (Å²) in [7, 11) is 0. The highest BCUT2D eigenvalue weighted by Crippen LogP contribution is 2.45. The van der Waals surface area contributed by atoms with Crippen LogP contribution in [0.1, 0.15) is 32.8 Å². The van der Waals surface area contributed by atoms with E-state index in [4.69, 9.17) is 4.74 Å². The van der Waals surface area contributed by atoms with Crippen molar-refractivity contribution in [3.05, 3.63) is 35.9 Å². The van der Waals surface area contributed by atoms with Crippen LogP contribution in [0.5, 0.6) is 0 Å². The number of carboxylic acids is 1. The van der Waals surface area contributed by atoms with Crippen LogP contribution >= 0.6 is 0 Å². The molecular weight excluding hydrogens is 254 g/mol. The fourth-order valence-electron chi connectivity index (χ4n) is 3.58. The lowest BCUT2D eigenvalue weighted by Gasteiger charge is -2.56. The van der Waals surface area contributed by atoms with Crippen LogP contribution in [-0.4, -0.2) is 41.3 Å². The van der Waals surface area contributed by atoms with Gasteiger partial charge in [0.25, 0.3) is 0 Å². The highest BCUT2D eigenvalue weighted by Gasteiger charge is 2.52. The summed E-state index contributed by atoms with van der Waals surface area (Å²) in [4.78, 5) is 13.3. The molecule has 1 atom stereocenters. The molecule has 4 nitrogen and oxygen atoms in total. The van der Waals surface area contributed by atoms with Gasteiger partial charge in [-0.2, -0.15) is 0 Å². The number of aliphatic carboxylic acids is 1. The zero-order valence-corrected chi connectivity index (χ0v) is 12.4. The van der Waals surface area contributed by atoms with Gasteiger partial charge in [0.1, 0.15) is 0 Å². The lowest BCUT2D eigenvalue weighted by molar-refractivity contribution is -0.191. The Kier molecular flexibility index (Phi) is 4.16. The first-order valence-corrected chi connectivity index (χ1v) is 7.10. The van der Waals surface area contributed by atoms with Crippen molar-refractivity contribution >= 4 is 5.97 Å². The summed E-state index contributed by atoms with van der Waals surface area (Å²) in [6.07, 6.45) is 0.803. The van der Waals surface area contributed by atoms with Crippen LogP contribution in [0, 0.1) is 0 Å². The molecule has 1 aliphatic rings. The normalized spacial score (nSPS) is 26.4. The molecule has 1 heterocycles. The predicted octanol–water partition coefficient (Wildman–Crippen LogP) is 2.49. The second-order valence-electron chi connectivity index (χ2n) is 5.75. The van der Waals surface area contributed by atoms with Crippen molar-refractivity contribution in [2.75, 3.05) is 19.7 Å². The maximum atomic E-state index is 11.2. The molecule has 0 aromatic heterocycles. The first-order chi connectivity index (χ1) is 9.44. The van der Waals surface area contributed by atoms with Crippen LogP contribution in [0.15, 0.2) is 30.3 Å². The third-order valence-electron chi connectivity index (χ3n) is 4.45. The molecule has 110 valence electrons. The van der Waals surface area contributed by atoms with E-state index in [0.717, 1.165) is 12.0 Å². The molecule has 0 radical (unpaired) electrons. The smallest absolute Gasteiger partial charge is 0.317 e. The van der Waals surface area contributed by atoms with Crippen LogP contribution < -0.4 is 0 Å². The van der Waals surface area contributed by atoms with Gasteiger partial charge in [-0.05, 0) is 25.8 Å². The van der Waals surface area contributed by atoms with Gasteiger partial charge in [-0.15, -0.1) is 0 Å². The fourth-order valence-corrected chi connectivity index (χ4v) is 3.58. The molecule has 1 unspecified atom stereocenters. The summed E-state index contributed by atoms with van der Waals surface area (Å²) in [5.41, 5.74) is 0.273. The van der Waals surface area contributed by atoms with Gasteiger partial charge in [0.05, 0.1) is 24.3 Å². The van der Waals surface area contributed by atoms with Crippen molar-refractivity contribution in [3.8, 4) is 0 Å². The number of ether oxygens (including phenoxy) is 1. The maximum absolute atomic E-state index is 11.2. The van der Waals surface area contributed by atoms with E-state index in [-0.39, 0.29) is 6.54 Å². The Morgan fingerprint density at radius 1 is 1.35 bits per heavy atom. The number of rotatable bonds is 4. The Hall–Kier alpha value is -1.39. The fraction of sp³-hybridized carbons (Fsp3) is 0.562. The van der Waals surface area contributed by atoms with Crippen molar-refractivity contribution in [3.63, 3.8) is 0 Å². The van der Waals surface area contributed by atoms with E-state index < -0.39 is 17.1 Å². The molecule has 0 bridgehead atoms. The number of hydrogen-bond donors (Lipinski definition) is 1. The molecule has 1 saturated heterocycles. The Balaban J connectivity index is 2.54. The molecule has 0 aliphatic carbocycles. The van der Waals surface area contributed by atoms with Crippen molar-refractivity contribution in [2.24, 2.45) is 0 Å². The van der Waals surface area contributed by atoms with Crippen molar-refractivity contribution in [1.29, 1.82) is 0 Å². The minimum Gasteiger partial charge on any atom is -0.480 e. The maximum Gasteiger partial charge on any atom is 0.317 e. The van der Waals surface area contributed by atoms with Gasteiger partial charge in [0.2, 0.25) is 0 Å². The SMILES string of the molecule is CCC1(c2ccccc2)N(CC(=O)O)CCOC1(C)C. The van der Waals surface area contributed by atoms with Gasteiger partial charge in [-0.3, -0.25) is 9.69 Å². The summed E-state index contributed by atoms with van der Waals surface area (Å²) in [6.45, 7) is 7.44. The van der Waals surface area contributed by atoms with Crippen LogP contribution in [-0.2, 0) is 15.1 Å². The Morgan fingerprint density at radius 2 is 2.00 bits per heavy atom. The molecule has 1 aromatic rings. The first-order valence-electron chi connectivity index (χ1n) is 7.10. The average molecular weight is 277 g/mol. The van der Waals surface area contributed by atoms with Crippen molar-refractivity contribution in [1.82, 2.24) is 4.90 Å². The summed E-state index contributed by atoms with van der Waals surface area (Å²) in [6, 6.07) is 10.1. The van der Waals surface area contributed by atoms with Gasteiger partial charge in [-0.25, -0.2) is 0 Å². The molecule has 4 heteroatoms. The van der Waals surface area contributed by atoms with E-state index in [9.17, 15) is 9.90 Å². The van der Waals surface area contributed by atoms with Crippen LogP contribution in [0.2, 0.25) is 0 Å². The summed E-state index contributed by atoms with van der Waals surface area (Å²) in [5, 5.41) is 9.23. The molecule has 0 amide bonds. The second kappa shape index (κ2) is 5.54. The lowest BCUT2D eigenvalue weighted by Crippen LogP contribution is -2.65. The average Bonchev–Trinajstić information content (AvgIpc) is 2.39. The molecule has 1 aliphatic heterocycles. The van der Waals surface area contributed by atoms with E-state index >= 15 is 0 Å². The Morgan fingerprint density at radius 3 is 2.55 bits per heavy atom. The summed E-state index contributed by atoms with van der Waals surface area (Å²) >= 11 is 0. The van der Waals surface area contributed by atoms with Gasteiger partial charge in [-0.1, -0.05) is 37.3 Å². The van der Waals surface area contributed by atoms with Crippen LogP contribution in [0.4, 0.5) is 0 Å². The molecule has 1 fully saturated rings. The quantitative estimate of drug-likeness (QED) is 0.918. The van der Waals surface area contributed by atoms with Crippen LogP contribution in [0.25, 0.3) is 0 Å². The minimum absolute atomic E-state index is 0.0372. The minimum atomic E-state index is -0.795. The number of hydrogen-bond acceptors (Lipinski definition) is 3. The Labute approximate surface area is 120 Å². The molecule has 0 spiro atoms. The van der Waals surface area contributed by atoms with Gasteiger partial charge >= 0.3 is 5.97 Å². The number of nitrogens with zero attached hydrogens (tertiary/aromatic N) is 1. The largest absolute Gasteiger partial charge is 0.480 e. The van der Waals surface area contributed by atoms with E-state index in [1.807, 2.05) is 23.1 Å². The monoisotopic (exact) mass is 277 g/mol. The third kappa shape index (κ3) is 2.34. The highest BCUT2D eigenvalue weighted by atomic mass is 16.5. The second-order valence-corrected chi connectivity index (χ2v) is 5.75. The zero-order valence-electron chi connectivity index (χ0n) is 12.4. The molecule has 0 saturated carbocycles. The van der Waals surface area contributed by atoms with Gasteiger partial charge in [0.15, 0.2) is 0 Å². The zero-order chi connectivity index (χ0) is 14.8. The first kappa shape index (κ1) is 15.0. The van der Waals surface area contributed by atoms with Gasteiger partial charge < -0.3 is 9.84 Å². The topological polar surface area (TPSA) is 49.8 Å². The van der Waals surface area contributed by atoms with Crippen molar-refractivity contribution in [2.45, 2.75) is 38.3 Å². The summed E-state index contributed by atoms with van der Waals surface area (Å²) < 4.78 is 6.00. The molecule has 20 heavy (non-hydrogen) atoms. The number of carboxylic acid groups (broad SMARTS) is 1. The number of morpholine rings is 1. The van der Waals surface area contributed by atoms with Crippen molar-refractivity contribution < 1.29 is 14.6 Å². The molecule has 1 aromatic carbocycles. The standard InChI is InChI=1S/C16H23NO3/c1-4-16(13-8-6-5-7-9-13)15(2,3)20-11-10-17(16)12-14(18)19/h5-9H,4,10-12H2,1-3H3,(H,18,19). The van der Waals surface area contributed by atoms with Crippen LogP contribution in [0.3, 0.4) is 0 Å². The van der Waals surface area contributed by atoms with Gasteiger partial charge in [0, 0.05) is 6.54 Å². The molecule has 1 N–H and O–H groups in total. The summed E-state index contributed by atoms with van der Waals surface area (Å²) in [5.74, 6) is -0.795. The van der Waals surface area contributed by atoms with E-state index in [0.29, 0.717) is 13.2 Å². The highest BCUT2D eigenvalue weighted by molar-refractivity contribution is 5.69. The van der Waals surface area contributed by atoms with E-state index in [1.54, 1.807) is 0 Å². The number of benzene rings is 1.